The minimum Gasteiger partial charge on any atom is -0.354 e. The minimum absolute atomic E-state index is 0.139. The number of benzene rings is 1. The number of rotatable bonds is 6. The number of anilines is 2. The van der Waals surface area contributed by atoms with Gasteiger partial charge in [-0.3, -0.25) is 4.79 Å². The second kappa shape index (κ2) is 6.44. The van der Waals surface area contributed by atoms with Crippen molar-refractivity contribution in [2.45, 2.75) is 39.2 Å². The van der Waals surface area contributed by atoms with Crippen molar-refractivity contribution in [2.75, 3.05) is 10.6 Å². The van der Waals surface area contributed by atoms with Gasteiger partial charge in [0.25, 0.3) is 0 Å². The number of carbonyl (C=O) groups excluding carboxylic acids is 1. The number of aryl methyl sites for hydroxylation is 1. The second-order valence-electron chi connectivity index (χ2n) is 5.62. The Morgan fingerprint density at radius 3 is 2.68 bits per heavy atom. The van der Waals surface area contributed by atoms with Gasteiger partial charge in [-0.2, -0.15) is 4.37 Å². The lowest BCUT2D eigenvalue weighted by Gasteiger charge is -2.13. The van der Waals surface area contributed by atoms with E-state index in [1.807, 2.05) is 31.2 Å². The van der Waals surface area contributed by atoms with E-state index in [2.05, 4.69) is 26.9 Å². The molecule has 0 bridgehead atoms. The summed E-state index contributed by atoms with van der Waals surface area (Å²) in [5, 5.41) is 7.15. The molecule has 116 valence electrons. The van der Waals surface area contributed by atoms with Gasteiger partial charge in [0.1, 0.15) is 5.82 Å². The molecule has 5 nitrogen and oxygen atoms in total. The van der Waals surface area contributed by atoms with Gasteiger partial charge in [-0.15, -0.1) is 0 Å². The Balaban J connectivity index is 1.60. The van der Waals surface area contributed by atoms with E-state index in [1.165, 1.54) is 11.5 Å². The van der Waals surface area contributed by atoms with Crippen molar-refractivity contribution in [3.8, 4) is 0 Å². The zero-order chi connectivity index (χ0) is 15.5. The molecule has 0 aliphatic heterocycles. The van der Waals surface area contributed by atoms with E-state index >= 15 is 0 Å². The van der Waals surface area contributed by atoms with E-state index < -0.39 is 0 Å². The van der Waals surface area contributed by atoms with E-state index in [9.17, 15) is 4.79 Å². The minimum atomic E-state index is 0.139. The van der Waals surface area contributed by atoms with Crippen LogP contribution in [0.4, 0.5) is 10.8 Å². The third kappa shape index (κ3) is 3.62. The van der Waals surface area contributed by atoms with Crippen LogP contribution in [0.25, 0.3) is 0 Å². The van der Waals surface area contributed by atoms with Crippen molar-refractivity contribution in [3.05, 3.63) is 35.7 Å². The van der Waals surface area contributed by atoms with Gasteiger partial charge in [0.2, 0.25) is 11.0 Å². The molecule has 1 fully saturated rings. The maximum absolute atomic E-state index is 11.7. The Bertz CT molecular complexity index is 648. The van der Waals surface area contributed by atoms with Crippen molar-refractivity contribution in [2.24, 2.45) is 5.92 Å². The average Bonchev–Trinajstić information content (AvgIpc) is 3.28. The van der Waals surface area contributed by atoms with E-state index in [-0.39, 0.29) is 17.9 Å². The van der Waals surface area contributed by atoms with Gasteiger partial charge in [-0.1, -0.05) is 19.1 Å². The van der Waals surface area contributed by atoms with E-state index in [0.29, 0.717) is 0 Å². The Morgan fingerprint density at radius 2 is 2.09 bits per heavy atom. The largest absolute Gasteiger partial charge is 0.354 e. The summed E-state index contributed by atoms with van der Waals surface area (Å²) in [6.07, 6.45) is 2.89. The molecule has 3 rings (SSSR count). The highest BCUT2D eigenvalue weighted by molar-refractivity contribution is 7.09. The zero-order valence-electron chi connectivity index (χ0n) is 12.8. The molecule has 1 unspecified atom stereocenters. The molecule has 6 heteroatoms. The highest BCUT2D eigenvalue weighted by Gasteiger charge is 2.29. The summed E-state index contributed by atoms with van der Waals surface area (Å²) in [6.45, 7) is 4.13. The number of nitrogens with zero attached hydrogens (tertiary/aromatic N) is 2. The van der Waals surface area contributed by atoms with Crippen LogP contribution in [0.3, 0.4) is 0 Å². The predicted octanol–water partition coefficient (Wildman–Crippen LogP) is 3.62. The van der Waals surface area contributed by atoms with Gasteiger partial charge in [0, 0.05) is 29.6 Å². The monoisotopic (exact) mass is 316 g/mol. The molecule has 0 spiro atoms. The highest BCUT2D eigenvalue weighted by atomic mass is 32.1. The summed E-state index contributed by atoms with van der Waals surface area (Å²) in [5.41, 5.74) is 2.01. The lowest BCUT2D eigenvalue weighted by atomic mass is 10.1. The van der Waals surface area contributed by atoms with Gasteiger partial charge in [0.05, 0.1) is 6.04 Å². The smallest absolute Gasteiger partial charge is 0.227 e. The van der Waals surface area contributed by atoms with E-state index in [4.69, 9.17) is 0 Å². The maximum Gasteiger partial charge on any atom is 0.227 e. The van der Waals surface area contributed by atoms with Gasteiger partial charge in [0.15, 0.2) is 0 Å². The fraction of sp³-hybridized carbons (Fsp3) is 0.438. The van der Waals surface area contributed by atoms with Gasteiger partial charge in [-0.05, 0) is 37.5 Å². The van der Waals surface area contributed by atoms with Crippen LogP contribution in [0, 0.1) is 5.92 Å². The third-order valence-corrected chi connectivity index (χ3v) is 4.43. The molecule has 0 saturated heterocycles. The molecule has 1 aromatic heterocycles. The molecule has 1 heterocycles. The molecule has 1 aliphatic rings. The van der Waals surface area contributed by atoms with Crippen LogP contribution in [0.5, 0.6) is 0 Å². The molecule has 22 heavy (non-hydrogen) atoms. The van der Waals surface area contributed by atoms with Gasteiger partial charge >= 0.3 is 0 Å². The highest BCUT2D eigenvalue weighted by Crippen LogP contribution is 2.30. The Kier molecular flexibility index (Phi) is 4.38. The number of hydrogen-bond donors (Lipinski definition) is 2. The van der Waals surface area contributed by atoms with Crippen molar-refractivity contribution >= 4 is 28.3 Å². The lowest BCUT2D eigenvalue weighted by molar-refractivity contribution is -0.117. The fourth-order valence-corrected chi connectivity index (χ4v) is 2.91. The van der Waals surface area contributed by atoms with Crippen LogP contribution >= 0.6 is 11.5 Å². The van der Waals surface area contributed by atoms with E-state index in [1.54, 1.807) is 0 Å². The number of carbonyl (C=O) groups is 1. The molecule has 1 saturated carbocycles. The van der Waals surface area contributed by atoms with Crippen molar-refractivity contribution in [3.63, 3.8) is 0 Å². The molecule has 1 aromatic carbocycles. The SMILES string of the molecule is CCc1nsc(NC(C)c2ccc(NC(=O)C3CC3)cc2)n1. The Morgan fingerprint density at radius 1 is 1.36 bits per heavy atom. The molecular formula is C16H20N4OS. The van der Waals surface area contributed by atoms with Gasteiger partial charge in [-0.25, -0.2) is 4.98 Å². The fourth-order valence-electron chi connectivity index (χ4n) is 2.17. The summed E-state index contributed by atoms with van der Waals surface area (Å²) in [7, 11) is 0. The van der Waals surface area contributed by atoms with Crippen LogP contribution in [0.15, 0.2) is 24.3 Å². The van der Waals surface area contributed by atoms with Crippen molar-refractivity contribution in [1.82, 2.24) is 9.36 Å². The van der Waals surface area contributed by atoms with Crippen LogP contribution in [0.2, 0.25) is 0 Å². The number of amides is 1. The first kappa shape index (κ1) is 15.0. The standard InChI is InChI=1S/C16H20N4OS/c1-3-14-19-16(22-20-14)17-10(2)11-6-8-13(9-7-11)18-15(21)12-4-5-12/h6-10,12H,3-5H2,1-2H3,(H,18,21)(H,17,19,20). The molecule has 2 aromatic rings. The van der Waals surface area contributed by atoms with Crippen LogP contribution in [-0.4, -0.2) is 15.3 Å². The maximum atomic E-state index is 11.7. The number of hydrogen-bond acceptors (Lipinski definition) is 5. The lowest BCUT2D eigenvalue weighted by Crippen LogP contribution is -2.13. The van der Waals surface area contributed by atoms with Gasteiger partial charge < -0.3 is 10.6 Å². The summed E-state index contributed by atoms with van der Waals surface area (Å²) in [4.78, 5) is 16.1. The Hall–Kier alpha value is -1.95. The normalized spacial score (nSPS) is 15.4. The number of nitrogens with one attached hydrogen (secondary N) is 2. The third-order valence-electron chi connectivity index (χ3n) is 3.75. The number of aromatic nitrogens is 2. The van der Waals surface area contributed by atoms with Crippen molar-refractivity contribution < 1.29 is 4.79 Å². The quantitative estimate of drug-likeness (QED) is 0.854. The average molecular weight is 316 g/mol. The first-order valence-corrected chi connectivity index (χ1v) is 8.43. The summed E-state index contributed by atoms with van der Waals surface area (Å²) >= 11 is 1.39. The molecule has 1 atom stereocenters. The molecule has 2 N–H and O–H groups in total. The Labute approximate surface area is 134 Å². The predicted molar refractivity (Wildman–Crippen MR) is 89.1 cm³/mol. The van der Waals surface area contributed by atoms with Crippen LogP contribution in [-0.2, 0) is 11.2 Å². The van der Waals surface area contributed by atoms with Crippen LogP contribution in [0.1, 0.15) is 44.1 Å². The zero-order valence-corrected chi connectivity index (χ0v) is 13.6. The summed E-state index contributed by atoms with van der Waals surface area (Å²) in [6, 6.07) is 8.10. The van der Waals surface area contributed by atoms with Crippen LogP contribution < -0.4 is 10.6 Å². The molecule has 0 radical (unpaired) electrons. The van der Waals surface area contributed by atoms with Crippen molar-refractivity contribution in [1.29, 1.82) is 0 Å². The first-order valence-electron chi connectivity index (χ1n) is 7.65. The topological polar surface area (TPSA) is 66.9 Å². The summed E-state index contributed by atoms with van der Waals surface area (Å²) < 4.78 is 4.27. The molecular weight excluding hydrogens is 296 g/mol. The molecule has 1 aliphatic carbocycles. The second-order valence-corrected chi connectivity index (χ2v) is 6.37. The molecule has 1 amide bonds. The van der Waals surface area contributed by atoms with E-state index in [0.717, 1.165) is 41.5 Å². The summed E-state index contributed by atoms with van der Waals surface area (Å²) in [5.74, 6) is 1.24. The first-order chi connectivity index (χ1) is 10.7.